The van der Waals surface area contributed by atoms with Crippen LogP contribution in [0.25, 0.3) is 0 Å². The highest BCUT2D eigenvalue weighted by Crippen LogP contribution is 2.20. The maximum atomic E-state index is 13.0. The quantitative estimate of drug-likeness (QED) is 0.0199. The smallest absolute Gasteiger partial charge is 0.154 e. The first kappa shape index (κ1) is 53.5. The summed E-state index contributed by atoms with van der Waals surface area (Å²) in [5.74, 6) is 0.498. The number of rotatable bonds is 48. The van der Waals surface area contributed by atoms with Crippen molar-refractivity contribution in [3.05, 3.63) is 5.21 Å². The highest BCUT2D eigenvalue weighted by molar-refractivity contribution is 5.55. The molecular weight excluding hydrogens is 655 g/mol. The first-order chi connectivity index (χ1) is 26.7. The van der Waals surface area contributed by atoms with Gasteiger partial charge < -0.3 is 5.21 Å². The zero-order valence-electron chi connectivity index (χ0n) is 38.2. The van der Waals surface area contributed by atoms with Crippen LogP contribution in [-0.2, 0) is 0 Å². The van der Waals surface area contributed by atoms with E-state index >= 15 is 0 Å². The van der Waals surface area contributed by atoms with Gasteiger partial charge in [-0.2, -0.15) is 0 Å². The lowest BCUT2D eigenvalue weighted by Crippen LogP contribution is -2.14. The van der Waals surface area contributed by atoms with Gasteiger partial charge in [0.05, 0.1) is 0 Å². The predicted octanol–water partition coefficient (Wildman–Crippen LogP) is 19.2. The second-order valence-electron chi connectivity index (χ2n) is 18.1. The maximum absolute atomic E-state index is 13.0. The molecule has 54 heavy (non-hydrogen) atoms. The van der Waals surface area contributed by atoms with Crippen LogP contribution in [0.3, 0.4) is 0 Å². The van der Waals surface area contributed by atoms with Crippen molar-refractivity contribution < 1.29 is 4.74 Å². The van der Waals surface area contributed by atoms with Gasteiger partial charge in [0, 0.05) is 12.3 Å². The third kappa shape index (κ3) is 45.9. The second kappa shape index (κ2) is 48.6. The summed E-state index contributed by atoms with van der Waals surface area (Å²) in [7, 11) is 0. The molecule has 0 rings (SSSR count). The van der Waals surface area contributed by atoms with Crippen molar-refractivity contribution in [2.24, 2.45) is 5.92 Å². The molecule has 0 radical (unpaired) electrons. The SMILES string of the molecule is CCCCCCCCCCCCCCCCCC(C=[N+]([O-])CCCCCCCCCCCCCCCCC)CCCCCCCCCCCCCCCC. The molecule has 1 unspecified atom stereocenters. The van der Waals surface area contributed by atoms with Gasteiger partial charge in [-0.25, -0.2) is 4.74 Å². The fourth-order valence-electron chi connectivity index (χ4n) is 8.62. The summed E-state index contributed by atoms with van der Waals surface area (Å²) < 4.78 is 1.35. The summed E-state index contributed by atoms with van der Waals surface area (Å²) in [5.41, 5.74) is 0. The van der Waals surface area contributed by atoms with Crippen molar-refractivity contribution in [2.75, 3.05) is 6.54 Å². The van der Waals surface area contributed by atoms with Gasteiger partial charge >= 0.3 is 0 Å². The van der Waals surface area contributed by atoms with Gasteiger partial charge in [-0.05, 0) is 19.3 Å². The number of hydrogen-bond acceptors (Lipinski definition) is 1. The molecule has 2 heteroatoms. The summed E-state index contributed by atoms with van der Waals surface area (Å²) in [6.07, 6.45) is 66.4. The van der Waals surface area contributed by atoms with E-state index in [0.29, 0.717) is 12.5 Å². The predicted molar refractivity (Wildman–Crippen MR) is 247 cm³/mol. The lowest BCUT2D eigenvalue weighted by molar-refractivity contribution is -0.456. The Kier molecular flexibility index (Phi) is 48.1. The largest absolute Gasteiger partial charge is 0.624 e. The molecule has 0 aromatic rings. The van der Waals surface area contributed by atoms with E-state index in [0.717, 1.165) is 6.42 Å². The third-order valence-electron chi connectivity index (χ3n) is 12.5. The molecule has 0 aliphatic heterocycles. The molecule has 1 atom stereocenters. The van der Waals surface area contributed by atoms with Crippen molar-refractivity contribution in [1.29, 1.82) is 0 Å². The van der Waals surface area contributed by atoms with E-state index in [4.69, 9.17) is 0 Å². The zero-order valence-corrected chi connectivity index (χ0v) is 38.2. The van der Waals surface area contributed by atoms with E-state index in [2.05, 4.69) is 27.0 Å². The van der Waals surface area contributed by atoms with E-state index in [9.17, 15) is 5.21 Å². The molecule has 2 nitrogen and oxygen atoms in total. The van der Waals surface area contributed by atoms with Crippen LogP contribution in [-0.4, -0.2) is 17.5 Å². The van der Waals surface area contributed by atoms with Gasteiger partial charge in [0.1, 0.15) is 0 Å². The van der Waals surface area contributed by atoms with E-state index < -0.39 is 0 Å². The normalized spacial score (nSPS) is 12.6. The van der Waals surface area contributed by atoms with Crippen molar-refractivity contribution in [3.8, 4) is 0 Å². The Bertz CT molecular complexity index is 688. The summed E-state index contributed by atoms with van der Waals surface area (Å²) in [6.45, 7) is 7.63. The van der Waals surface area contributed by atoms with Crippen molar-refractivity contribution >= 4 is 6.21 Å². The Labute approximate surface area is 343 Å². The monoisotopic (exact) mass is 760 g/mol. The Morgan fingerprint density at radius 2 is 0.463 bits per heavy atom. The standard InChI is InChI=1S/C52H105NO/c1-4-7-10-13-16-19-22-25-28-31-34-37-40-43-46-49-52(48-45-42-39-36-33-30-27-24-21-18-15-12-9-6-3)51-53(54)50-47-44-41-38-35-32-29-26-23-20-17-14-11-8-5-2/h51-52H,4-50H2,1-3H3. The topological polar surface area (TPSA) is 26.1 Å². The Hall–Kier alpha value is -0.530. The van der Waals surface area contributed by atoms with Crippen molar-refractivity contribution in [3.63, 3.8) is 0 Å². The first-order valence-electron chi connectivity index (χ1n) is 26.0. The van der Waals surface area contributed by atoms with Crippen LogP contribution in [0.15, 0.2) is 0 Å². The van der Waals surface area contributed by atoms with E-state index in [1.54, 1.807) is 0 Å². The molecule has 0 aromatic carbocycles. The lowest BCUT2D eigenvalue weighted by atomic mass is 9.94. The van der Waals surface area contributed by atoms with Crippen molar-refractivity contribution in [2.45, 2.75) is 316 Å². The number of unbranched alkanes of at least 4 members (excludes halogenated alkanes) is 41. The van der Waals surface area contributed by atoms with E-state index in [1.165, 1.54) is 294 Å². The molecule has 0 aromatic heterocycles. The average molecular weight is 760 g/mol. The van der Waals surface area contributed by atoms with Gasteiger partial charge in [-0.15, -0.1) is 0 Å². The number of nitrogens with zero attached hydrogens (tertiary/aromatic N) is 1. The molecule has 0 spiro atoms. The summed E-state index contributed by atoms with van der Waals surface area (Å²) in [6, 6.07) is 0. The van der Waals surface area contributed by atoms with Gasteiger partial charge in [-0.1, -0.05) is 290 Å². The molecule has 0 aliphatic rings. The van der Waals surface area contributed by atoms with Crippen LogP contribution in [0.2, 0.25) is 0 Å². The summed E-state index contributed by atoms with van der Waals surface area (Å²) >= 11 is 0. The molecule has 0 saturated heterocycles. The van der Waals surface area contributed by atoms with E-state index in [1.807, 2.05) is 0 Å². The average Bonchev–Trinajstić information content (AvgIpc) is 3.17. The minimum atomic E-state index is 0.498. The van der Waals surface area contributed by atoms with E-state index in [-0.39, 0.29) is 0 Å². The molecule has 324 valence electrons. The zero-order chi connectivity index (χ0) is 39.1. The molecule has 0 heterocycles. The van der Waals surface area contributed by atoms with Gasteiger partial charge in [-0.3, -0.25) is 0 Å². The third-order valence-corrected chi connectivity index (χ3v) is 12.5. The number of hydroxylamine groups is 1. The van der Waals surface area contributed by atoms with Crippen LogP contribution in [0.5, 0.6) is 0 Å². The van der Waals surface area contributed by atoms with Gasteiger partial charge in [0.15, 0.2) is 12.8 Å². The minimum absolute atomic E-state index is 0.498. The molecule has 0 N–H and O–H groups in total. The maximum Gasteiger partial charge on any atom is 0.154 e. The summed E-state index contributed by atoms with van der Waals surface area (Å²) in [4.78, 5) is 0. The molecule has 0 fully saturated rings. The highest BCUT2D eigenvalue weighted by Gasteiger charge is 2.11. The Morgan fingerprint density at radius 1 is 0.278 bits per heavy atom. The number of hydrogen-bond donors (Lipinski definition) is 0. The highest BCUT2D eigenvalue weighted by atomic mass is 16.5. The molecule has 0 bridgehead atoms. The first-order valence-corrected chi connectivity index (χ1v) is 26.0. The van der Waals surface area contributed by atoms with Crippen LogP contribution in [0, 0.1) is 11.1 Å². The fraction of sp³-hybridized carbons (Fsp3) is 0.981. The Balaban J connectivity index is 4.13. The van der Waals surface area contributed by atoms with Gasteiger partial charge in [0.25, 0.3) is 0 Å². The molecular formula is C52H105NO. The molecule has 0 saturated carbocycles. The van der Waals surface area contributed by atoms with Crippen LogP contribution in [0.1, 0.15) is 316 Å². The van der Waals surface area contributed by atoms with Crippen LogP contribution >= 0.6 is 0 Å². The van der Waals surface area contributed by atoms with Crippen LogP contribution < -0.4 is 0 Å². The summed E-state index contributed by atoms with van der Waals surface area (Å²) in [5, 5.41) is 13.0. The minimum Gasteiger partial charge on any atom is -0.624 e. The van der Waals surface area contributed by atoms with Gasteiger partial charge in [0.2, 0.25) is 0 Å². The lowest BCUT2D eigenvalue weighted by Gasteiger charge is -2.13. The molecule has 0 aliphatic carbocycles. The van der Waals surface area contributed by atoms with Crippen LogP contribution in [0.4, 0.5) is 0 Å². The van der Waals surface area contributed by atoms with Crippen molar-refractivity contribution in [1.82, 2.24) is 0 Å². The fourth-order valence-corrected chi connectivity index (χ4v) is 8.62. The molecule has 0 amide bonds. The Morgan fingerprint density at radius 3 is 0.685 bits per heavy atom. The second-order valence-corrected chi connectivity index (χ2v) is 18.1.